The van der Waals surface area contributed by atoms with Gasteiger partial charge in [-0.25, -0.2) is 4.79 Å². The first-order valence-corrected chi connectivity index (χ1v) is 11.2. The van der Waals surface area contributed by atoms with Gasteiger partial charge in [-0.05, 0) is 42.8 Å². The SMILES string of the molecule is Cc1ccccc1-c1c2c(=O)n(C)c(=O)n(C)c2c2n1-c1cc(Cl)ccc1OC2c1ccco1. The average Bonchev–Trinajstić information content (AvgIpc) is 3.48. The smallest absolute Gasteiger partial charge is 0.331 e. The van der Waals surface area contributed by atoms with E-state index in [4.69, 9.17) is 20.8 Å². The Morgan fingerprint density at radius 3 is 2.50 bits per heavy atom. The number of furan rings is 1. The maximum atomic E-state index is 13.6. The minimum atomic E-state index is -0.679. The van der Waals surface area contributed by atoms with Crippen LogP contribution in [0.1, 0.15) is 23.1 Å². The first kappa shape index (κ1) is 20.6. The van der Waals surface area contributed by atoms with Gasteiger partial charge in [0.1, 0.15) is 5.75 Å². The van der Waals surface area contributed by atoms with Gasteiger partial charge in [0.15, 0.2) is 11.9 Å². The van der Waals surface area contributed by atoms with E-state index < -0.39 is 11.8 Å². The third-order valence-electron chi connectivity index (χ3n) is 6.47. The molecular weight excluding hydrogens is 454 g/mol. The summed E-state index contributed by atoms with van der Waals surface area (Å²) in [6.45, 7) is 2.00. The number of ether oxygens (including phenoxy) is 1. The van der Waals surface area contributed by atoms with Crippen LogP contribution in [0, 0.1) is 6.92 Å². The molecule has 0 amide bonds. The second-order valence-electron chi connectivity index (χ2n) is 8.44. The highest BCUT2D eigenvalue weighted by atomic mass is 35.5. The fourth-order valence-electron chi connectivity index (χ4n) is 4.86. The molecule has 3 aromatic heterocycles. The number of aryl methyl sites for hydroxylation is 2. The number of rotatable bonds is 2. The van der Waals surface area contributed by atoms with Crippen molar-refractivity contribution < 1.29 is 9.15 Å². The minimum Gasteiger partial charge on any atom is -0.474 e. The molecule has 0 saturated carbocycles. The van der Waals surface area contributed by atoms with Gasteiger partial charge in [0.25, 0.3) is 5.56 Å². The highest BCUT2D eigenvalue weighted by molar-refractivity contribution is 6.30. The second kappa shape index (κ2) is 7.27. The van der Waals surface area contributed by atoms with Crippen molar-refractivity contribution in [2.75, 3.05) is 0 Å². The van der Waals surface area contributed by atoms with Crippen molar-refractivity contribution >= 4 is 22.5 Å². The van der Waals surface area contributed by atoms with Crippen LogP contribution in [0.3, 0.4) is 0 Å². The number of hydrogen-bond donors (Lipinski definition) is 0. The maximum absolute atomic E-state index is 13.6. The fraction of sp³-hybridized carbons (Fsp3) is 0.154. The number of hydrogen-bond acceptors (Lipinski definition) is 4. The van der Waals surface area contributed by atoms with Crippen LogP contribution >= 0.6 is 11.6 Å². The summed E-state index contributed by atoms with van der Waals surface area (Å²) >= 11 is 6.41. The predicted molar refractivity (Wildman–Crippen MR) is 130 cm³/mol. The van der Waals surface area contributed by atoms with Crippen molar-refractivity contribution in [3.8, 4) is 22.7 Å². The highest BCUT2D eigenvalue weighted by Crippen LogP contribution is 2.47. The minimum absolute atomic E-state index is 0.375. The molecule has 0 spiro atoms. The molecule has 6 rings (SSSR count). The summed E-state index contributed by atoms with van der Waals surface area (Å²) < 4.78 is 16.8. The number of halogens is 1. The van der Waals surface area contributed by atoms with Crippen molar-refractivity contribution in [2.24, 2.45) is 14.1 Å². The van der Waals surface area contributed by atoms with E-state index in [1.54, 1.807) is 31.5 Å². The highest BCUT2D eigenvalue weighted by Gasteiger charge is 2.37. The van der Waals surface area contributed by atoms with Crippen molar-refractivity contribution in [3.05, 3.63) is 104 Å². The lowest BCUT2D eigenvalue weighted by molar-refractivity contribution is 0.199. The molecule has 0 aliphatic carbocycles. The lowest BCUT2D eigenvalue weighted by Crippen LogP contribution is -2.37. The third-order valence-corrected chi connectivity index (χ3v) is 6.70. The molecule has 170 valence electrons. The van der Waals surface area contributed by atoms with Gasteiger partial charge in [0.2, 0.25) is 0 Å². The molecule has 0 fully saturated rings. The molecule has 1 unspecified atom stereocenters. The van der Waals surface area contributed by atoms with Gasteiger partial charge in [-0.1, -0.05) is 35.9 Å². The van der Waals surface area contributed by atoms with Gasteiger partial charge in [-0.2, -0.15) is 0 Å². The molecule has 8 heteroatoms. The Morgan fingerprint density at radius 2 is 1.76 bits per heavy atom. The van der Waals surface area contributed by atoms with E-state index in [-0.39, 0.29) is 5.56 Å². The topological polar surface area (TPSA) is 71.3 Å². The van der Waals surface area contributed by atoms with E-state index in [1.165, 1.54) is 11.6 Å². The van der Waals surface area contributed by atoms with E-state index in [2.05, 4.69) is 0 Å². The summed E-state index contributed by atoms with van der Waals surface area (Å²) in [5.74, 6) is 1.15. The van der Waals surface area contributed by atoms with Crippen LogP contribution in [0.15, 0.2) is 74.9 Å². The van der Waals surface area contributed by atoms with Gasteiger partial charge in [0.05, 0.1) is 34.2 Å². The Labute approximate surface area is 199 Å². The summed E-state index contributed by atoms with van der Waals surface area (Å²) in [7, 11) is 3.16. The molecule has 7 nitrogen and oxygen atoms in total. The van der Waals surface area contributed by atoms with Crippen molar-refractivity contribution in [1.82, 2.24) is 13.7 Å². The lowest BCUT2D eigenvalue weighted by Gasteiger charge is -2.29. The van der Waals surface area contributed by atoms with Gasteiger partial charge in [0, 0.05) is 24.7 Å². The van der Waals surface area contributed by atoms with Crippen LogP contribution in [0.5, 0.6) is 5.75 Å². The fourth-order valence-corrected chi connectivity index (χ4v) is 5.03. The maximum Gasteiger partial charge on any atom is 0.331 e. The Hall–Kier alpha value is -3.97. The summed E-state index contributed by atoms with van der Waals surface area (Å²) in [5, 5.41) is 0.960. The quantitative estimate of drug-likeness (QED) is 0.371. The van der Waals surface area contributed by atoms with Gasteiger partial charge in [-0.15, -0.1) is 0 Å². The Balaban J connectivity index is 1.92. The summed E-state index contributed by atoms with van der Waals surface area (Å²) in [6, 6.07) is 16.8. The summed E-state index contributed by atoms with van der Waals surface area (Å²) in [4.78, 5) is 26.7. The third kappa shape index (κ3) is 2.70. The molecular formula is C26H20ClN3O4. The Kier molecular flexibility index (Phi) is 4.41. The average molecular weight is 474 g/mol. The Bertz CT molecular complexity index is 1720. The van der Waals surface area contributed by atoms with E-state index in [0.29, 0.717) is 44.5 Å². The van der Waals surface area contributed by atoms with E-state index in [9.17, 15) is 9.59 Å². The number of aromatic nitrogens is 3. The molecule has 5 aromatic rings. The molecule has 0 N–H and O–H groups in total. The molecule has 34 heavy (non-hydrogen) atoms. The van der Waals surface area contributed by atoms with Crippen LogP contribution in [-0.4, -0.2) is 13.7 Å². The van der Waals surface area contributed by atoms with Crippen molar-refractivity contribution in [2.45, 2.75) is 13.0 Å². The second-order valence-corrected chi connectivity index (χ2v) is 8.88. The Morgan fingerprint density at radius 1 is 0.971 bits per heavy atom. The van der Waals surface area contributed by atoms with Crippen LogP contribution < -0.4 is 16.0 Å². The van der Waals surface area contributed by atoms with E-state index in [1.807, 2.05) is 47.9 Å². The van der Waals surface area contributed by atoms with Crippen molar-refractivity contribution in [3.63, 3.8) is 0 Å². The molecule has 1 aliphatic heterocycles. The summed E-state index contributed by atoms with van der Waals surface area (Å²) in [6.07, 6.45) is 0.896. The standard InChI is InChI=1S/C26H20ClN3O4/c1-14-7-4-5-8-16(14)21-20-22(28(2)26(32)29(3)25(20)31)23-24(19-9-6-12-33-19)34-18-11-10-15(27)13-17(18)30(21)23/h4-13,24H,1-3H3. The predicted octanol–water partition coefficient (Wildman–Crippen LogP) is 4.73. The lowest BCUT2D eigenvalue weighted by atomic mass is 10.0. The molecule has 4 heterocycles. The molecule has 1 aliphatic rings. The molecule has 0 radical (unpaired) electrons. The van der Waals surface area contributed by atoms with Gasteiger partial charge in [-0.3, -0.25) is 13.9 Å². The van der Waals surface area contributed by atoms with Gasteiger partial charge < -0.3 is 13.7 Å². The summed E-state index contributed by atoms with van der Waals surface area (Å²) in [5.41, 5.74) is 3.58. The molecule has 0 bridgehead atoms. The molecule has 2 aromatic carbocycles. The van der Waals surface area contributed by atoms with Crippen LogP contribution in [-0.2, 0) is 14.1 Å². The number of benzene rings is 2. The first-order chi connectivity index (χ1) is 16.4. The zero-order chi connectivity index (χ0) is 23.7. The van der Waals surface area contributed by atoms with Crippen LogP contribution in [0.25, 0.3) is 27.8 Å². The van der Waals surface area contributed by atoms with Crippen LogP contribution in [0.4, 0.5) is 0 Å². The number of fused-ring (bicyclic) bond motifs is 5. The monoisotopic (exact) mass is 473 g/mol. The normalized spacial score (nSPS) is 14.6. The molecule has 0 saturated heterocycles. The molecule has 1 atom stereocenters. The largest absolute Gasteiger partial charge is 0.474 e. The first-order valence-electron chi connectivity index (χ1n) is 10.8. The van der Waals surface area contributed by atoms with Crippen LogP contribution in [0.2, 0.25) is 5.02 Å². The zero-order valence-electron chi connectivity index (χ0n) is 18.7. The zero-order valence-corrected chi connectivity index (χ0v) is 19.5. The van der Waals surface area contributed by atoms with Gasteiger partial charge >= 0.3 is 5.69 Å². The number of nitrogens with zero attached hydrogens (tertiary/aromatic N) is 3. The van der Waals surface area contributed by atoms with E-state index >= 15 is 0 Å². The van der Waals surface area contributed by atoms with Crippen molar-refractivity contribution in [1.29, 1.82) is 0 Å². The van der Waals surface area contributed by atoms with E-state index in [0.717, 1.165) is 15.7 Å².